The van der Waals surface area contributed by atoms with Crippen LogP contribution in [0.4, 0.5) is 22.8 Å². The number of rotatable bonds is 12. The number of ether oxygens (including phenoxy) is 4. The van der Waals surface area contributed by atoms with Crippen LogP contribution < -0.4 is 10.1 Å². The molecule has 0 saturated carbocycles. The van der Waals surface area contributed by atoms with E-state index in [4.69, 9.17) is 23.9 Å². The number of methoxy groups -OCH3 is 1. The number of carbonyl (C=O) groups is 2. The molecule has 1 fully saturated rings. The fourth-order valence-corrected chi connectivity index (χ4v) is 5.11. The lowest BCUT2D eigenvalue weighted by Crippen LogP contribution is -2.51. The molecule has 0 radical (unpaired) electrons. The van der Waals surface area contributed by atoms with E-state index in [0.717, 1.165) is 6.07 Å². The number of nitrogens with one attached hydrogen (secondary N) is 1. The molecular formula is C38H61F3N4O6. The maximum Gasteiger partial charge on any atom is 0.437 e. The molecule has 0 aromatic heterocycles. The molecule has 1 heterocycles. The van der Waals surface area contributed by atoms with Gasteiger partial charge in [-0.25, -0.2) is 9.59 Å². The molecule has 1 saturated heterocycles. The van der Waals surface area contributed by atoms with Gasteiger partial charge in [0.1, 0.15) is 17.0 Å². The Morgan fingerprint density at radius 1 is 1.00 bits per heavy atom. The summed E-state index contributed by atoms with van der Waals surface area (Å²) in [6.45, 7) is 21.2. The van der Waals surface area contributed by atoms with Crippen molar-refractivity contribution < 1.29 is 41.7 Å². The van der Waals surface area contributed by atoms with Crippen molar-refractivity contribution in [3.8, 4) is 5.75 Å². The van der Waals surface area contributed by atoms with Gasteiger partial charge in [-0.1, -0.05) is 40.7 Å². The van der Waals surface area contributed by atoms with Gasteiger partial charge in [0.25, 0.3) is 0 Å². The standard InChI is InChI=1S/C36H55F3N4O6.C2H6/c1-11-16-27(25-18-19-29(26(23-25)36(37,38)39)47-22-14-13-21-46-10)40-30(24(3)12-2)28-17-15-20-43(28)31(41-32(44)48-34(4,5)6)42-33(45)49-35(7,8)9;1-2/h16,18-19,23-24,28H,11-15,17,20-22H2,1-10H3,(H,41,42,44,45);1-2H3/b27-16-,40-30?;. The summed E-state index contributed by atoms with van der Waals surface area (Å²) in [5, 5.41) is 2.64. The zero-order valence-corrected chi connectivity index (χ0v) is 32.8. The fraction of sp³-hybridized carbons (Fsp3) is 0.684. The molecule has 0 aliphatic carbocycles. The highest BCUT2D eigenvalue weighted by molar-refractivity contribution is 6.03. The fourth-order valence-electron chi connectivity index (χ4n) is 5.11. The molecule has 1 aromatic carbocycles. The van der Waals surface area contributed by atoms with Crippen molar-refractivity contribution in [2.24, 2.45) is 15.9 Å². The summed E-state index contributed by atoms with van der Waals surface area (Å²) in [5.74, 6) is -0.393. The maximum absolute atomic E-state index is 14.3. The number of guanidine groups is 1. The topological polar surface area (TPSA) is 111 Å². The van der Waals surface area contributed by atoms with Crippen molar-refractivity contribution in [2.75, 3.05) is 26.9 Å². The van der Waals surface area contributed by atoms with Gasteiger partial charge in [0.2, 0.25) is 5.96 Å². The van der Waals surface area contributed by atoms with Crippen LogP contribution in [0.2, 0.25) is 0 Å². The zero-order chi connectivity index (χ0) is 39.0. The van der Waals surface area contributed by atoms with Crippen LogP contribution in [-0.2, 0) is 20.4 Å². The number of amides is 2. The van der Waals surface area contributed by atoms with Crippen LogP contribution >= 0.6 is 0 Å². The van der Waals surface area contributed by atoms with E-state index in [1.165, 1.54) is 6.07 Å². The normalized spacial score (nSPS) is 16.6. The Labute approximate surface area is 303 Å². The smallest absolute Gasteiger partial charge is 0.437 e. The number of unbranched alkanes of at least 4 members (excludes halogenated alkanes) is 1. The second kappa shape index (κ2) is 21.0. The van der Waals surface area contributed by atoms with Crippen LogP contribution in [0.1, 0.15) is 126 Å². The molecule has 10 nitrogen and oxygen atoms in total. The first-order valence-electron chi connectivity index (χ1n) is 18.0. The molecule has 290 valence electrons. The number of likely N-dealkylation sites (tertiary alicyclic amines) is 1. The Balaban J connectivity index is 0.00000638. The second-order valence-electron chi connectivity index (χ2n) is 14.0. The van der Waals surface area contributed by atoms with Crippen LogP contribution in [0, 0.1) is 5.92 Å². The van der Waals surface area contributed by atoms with E-state index in [1.54, 1.807) is 65.7 Å². The first-order chi connectivity index (χ1) is 23.8. The number of hydrogen-bond acceptors (Lipinski definition) is 7. The lowest BCUT2D eigenvalue weighted by Gasteiger charge is -2.32. The Hall–Kier alpha value is -3.61. The highest BCUT2D eigenvalue weighted by Crippen LogP contribution is 2.39. The third-order valence-corrected chi connectivity index (χ3v) is 7.42. The van der Waals surface area contributed by atoms with Gasteiger partial charge in [-0.15, -0.1) is 4.99 Å². The summed E-state index contributed by atoms with van der Waals surface area (Å²) in [4.78, 5) is 36.8. The summed E-state index contributed by atoms with van der Waals surface area (Å²) in [6.07, 6.45) is -0.833. The van der Waals surface area contributed by atoms with E-state index in [1.807, 2.05) is 34.6 Å². The Bertz CT molecular complexity index is 1350. The molecule has 51 heavy (non-hydrogen) atoms. The number of allylic oxidation sites excluding steroid dienone is 1. The number of alkyl carbamates (subject to hydrolysis) is 1. The van der Waals surface area contributed by atoms with Crippen LogP contribution in [-0.4, -0.2) is 72.9 Å². The average Bonchev–Trinajstić information content (AvgIpc) is 3.51. The second-order valence-corrected chi connectivity index (χ2v) is 14.0. The molecular weight excluding hydrogens is 665 g/mol. The Morgan fingerprint density at radius 2 is 1.63 bits per heavy atom. The highest BCUT2D eigenvalue weighted by atomic mass is 19.4. The number of carbonyl (C=O) groups excluding carboxylic acids is 2. The molecule has 2 atom stereocenters. The van der Waals surface area contributed by atoms with E-state index in [-0.39, 0.29) is 24.2 Å². The quantitative estimate of drug-likeness (QED) is 0.130. The lowest BCUT2D eigenvalue weighted by atomic mass is 9.94. The number of aliphatic imine (C=N–C) groups is 2. The van der Waals surface area contributed by atoms with E-state index in [2.05, 4.69) is 10.3 Å². The third-order valence-electron chi connectivity index (χ3n) is 7.42. The molecule has 1 N–H and O–H groups in total. The minimum absolute atomic E-state index is 0.0469. The van der Waals surface area contributed by atoms with E-state index < -0.39 is 41.2 Å². The largest absolute Gasteiger partial charge is 0.493 e. The Morgan fingerprint density at radius 3 is 2.18 bits per heavy atom. The molecule has 13 heteroatoms. The number of benzene rings is 1. The lowest BCUT2D eigenvalue weighted by molar-refractivity contribution is -0.139. The average molecular weight is 727 g/mol. The van der Waals surface area contributed by atoms with E-state index >= 15 is 0 Å². The monoisotopic (exact) mass is 726 g/mol. The van der Waals surface area contributed by atoms with Crippen molar-refractivity contribution in [3.63, 3.8) is 0 Å². The molecule has 1 aromatic rings. The van der Waals surface area contributed by atoms with Gasteiger partial charge >= 0.3 is 18.4 Å². The van der Waals surface area contributed by atoms with Gasteiger partial charge in [-0.05, 0) is 104 Å². The van der Waals surface area contributed by atoms with Crippen molar-refractivity contribution in [2.45, 2.75) is 138 Å². The first-order valence-corrected chi connectivity index (χ1v) is 18.0. The number of nitrogens with zero attached hydrogens (tertiary/aromatic N) is 3. The van der Waals surface area contributed by atoms with Crippen LogP contribution in [0.3, 0.4) is 0 Å². The van der Waals surface area contributed by atoms with Crippen LogP contribution in [0.15, 0.2) is 34.3 Å². The van der Waals surface area contributed by atoms with Gasteiger partial charge in [0.05, 0.1) is 23.9 Å². The predicted octanol–water partition coefficient (Wildman–Crippen LogP) is 10.1. The molecule has 2 unspecified atom stereocenters. The third kappa shape index (κ3) is 16.1. The van der Waals surface area contributed by atoms with Crippen molar-refractivity contribution in [1.82, 2.24) is 10.2 Å². The highest BCUT2D eigenvalue weighted by Gasteiger charge is 2.37. The van der Waals surface area contributed by atoms with Gasteiger partial charge in [-0.3, -0.25) is 10.3 Å². The molecule has 0 spiro atoms. The maximum atomic E-state index is 14.3. The minimum atomic E-state index is -4.65. The number of hydrogen-bond donors (Lipinski definition) is 1. The molecule has 1 aliphatic rings. The summed E-state index contributed by atoms with van der Waals surface area (Å²) in [5.41, 5.74) is -1.16. The van der Waals surface area contributed by atoms with Crippen molar-refractivity contribution in [1.29, 1.82) is 0 Å². The first kappa shape index (κ1) is 45.4. The predicted molar refractivity (Wildman–Crippen MR) is 197 cm³/mol. The van der Waals surface area contributed by atoms with Gasteiger partial charge in [0, 0.05) is 31.5 Å². The summed E-state index contributed by atoms with van der Waals surface area (Å²) >= 11 is 0. The molecule has 2 rings (SSSR count). The van der Waals surface area contributed by atoms with Gasteiger partial charge in [0.15, 0.2) is 0 Å². The van der Waals surface area contributed by atoms with Crippen LogP contribution in [0.5, 0.6) is 5.75 Å². The van der Waals surface area contributed by atoms with E-state index in [0.29, 0.717) is 68.6 Å². The van der Waals surface area contributed by atoms with Gasteiger partial charge in [-0.2, -0.15) is 13.2 Å². The number of alkyl halides is 3. The van der Waals surface area contributed by atoms with Crippen molar-refractivity contribution >= 4 is 29.6 Å². The van der Waals surface area contributed by atoms with E-state index in [9.17, 15) is 22.8 Å². The number of halogens is 3. The van der Waals surface area contributed by atoms with Crippen LogP contribution in [0.25, 0.3) is 5.70 Å². The summed E-state index contributed by atoms with van der Waals surface area (Å²) in [7, 11) is 1.57. The summed E-state index contributed by atoms with van der Waals surface area (Å²) < 4.78 is 64.3. The Kier molecular flexibility index (Phi) is 18.7. The zero-order valence-electron chi connectivity index (χ0n) is 32.8. The SMILES string of the molecule is CC.CC/C=C(\N=C(C(C)CC)C1CCCN1/C(=N\C(=O)OC(C)(C)C)NC(=O)OC(C)(C)C)c1ccc(OCCCCOC)c(C(F)(F)F)c1. The molecule has 1 aliphatic heterocycles. The van der Waals surface area contributed by atoms with Crippen molar-refractivity contribution in [3.05, 3.63) is 35.4 Å². The summed E-state index contributed by atoms with van der Waals surface area (Å²) in [6, 6.07) is 3.58. The molecule has 0 bridgehead atoms. The van der Waals surface area contributed by atoms with Gasteiger partial charge < -0.3 is 23.8 Å². The minimum Gasteiger partial charge on any atom is -0.493 e. The molecule has 2 amide bonds.